The van der Waals surface area contributed by atoms with Gasteiger partial charge in [0.15, 0.2) is 11.6 Å². The summed E-state index contributed by atoms with van der Waals surface area (Å²) in [5.41, 5.74) is 0.679. The highest BCUT2D eigenvalue weighted by atomic mass is 79.9. The van der Waals surface area contributed by atoms with Crippen molar-refractivity contribution in [2.24, 2.45) is 0 Å². The average Bonchev–Trinajstić information content (AvgIpc) is 2.33. The maximum atomic E-state index is 13.5. The van der Waals surface area contributed by atoms with Gasteiger partial charge in [-0.05, 0) is 36.8 Å². The molecule has 0 aliphatic carbocycles. The van der Waals surface area contributed by atoms with E-state index in [1.807, 2.05) is 0 Å². The van der Waals surface area contributed by atoms with E-state index >= 15 is 0 Å². The van der Waals surface area contributed by atoms with E-state index in [2.05, 4.69) is 20.9 Å². The number of hydrogen-bond acceptors (Lipinski definition) is 3. The molecule has 1 aromatic carbocycles. The van der Waals surface area contributed by atoms with Crippen LogP contribution in [0, 0.1) is 5.82 Å². The molecular formula is C13H11BrFNO2. The standard InChI is InChI=1S/C13H11BrFNO2/c1-8(17)9-2-5-13(16-7-9)18-12-4-3-10(14)6-11(12)15/h2-8,17H,1H3/t8-/m1/s1. The second kappa shape index (κ2) is 5.46. The number of nitrogens with zero attached hydrogens (tertiary/aromatic N) is 1. The third-order valence-electron chi connectivity index (χ3n) is 2.35. The van der Waals surface area contributed by atoms with E-state index in [0.29, 0.717) is 10.0 Å². The topological polar surface area (TPSA) is 42.4 Å². The molecule has 0 amide bonds. The van der Waals surface area contributed by atoms with Gasteiger partial charge in [-0.2, -0.15) is 0 Å². The second-order valence-electron chi connectivity index (χ2n) is 3.78. The van der Waals surface area contributed by atoms with Gasteiger partial charge in [0.1, 0.15) is 0 Å². The smallest absolute Gasteiger partial charge is 0.219 e. The van der Waals surface area contributed by atoms with E-state index in [1.54, 1.807) is 25.1 Å². The molecule has 2 rings (SSSR count). The van der Waals surface area contributed by atoms with Crippen LogP contribution in [0.1, 0.15) is 18.6 Å². The van der Waals surface area contributed by atoms with Crippen LogP contribution in [-0.2, 0) is 0 Å². The lowest BCUT2D eigenvalue weighted by Gasteiger charge is -2.08. The molecule has 0 aliphatic rings. The fraction of sp³-hybridized carbons (Fsp3) is 0.154. The highest BCUT2D eigenvalue weighted by Crippen LogP contribution is 2.26. The first kappa shape index (κ1) is 13.0. The maximum Gasteiger partial charge on any atom is 0.219 e. The van der Waals surface area contributed by atoms with Gasteiger partial charge in [-0.25, -0.2) is 9.37 Å². The molecule has 0 radical (unpaired) electrons. The predicted molar refractivity (Wildman–Crippen MR) is 69.0 cm³/mol. The first-order valence-corrected chi connectivity index (χ1v) is 6.12. The Balaban J connectivity index is 2.18. The number of hydrogen-bond donors (Lipinski definition) is 1. The minimum atomic E-state index is -0.587. The summed E-state index contributed by atoms with van der Waals surface area (Å²) in [4.78, 5) is 4.00. The number of aliphatic hydroxyl groups excluding tert-OH is 1. The first-order chi connectivity index (χ1) is 8.56. The lowest BCUT2D eigenvalue weighted by Crippen LogP contribution is -1.94. The summed E-state index contributed by atoms with van der Waals surface area (Å²) >= 11 is 3.17. The number of aliphatic hydroxyl groups is 1. The van der Waals surface area contributed by atoms with Gasteiger partial charge in [0.25, 0.3) is 0 Å². The monoisotopic (exact) mass is 311 g/mol. The summed E-state index contributed by atoms with van der Waals surface area (Å²) in [6, 6.07) is 7.79. The second-order valence-corrected chi connectivity index (χ2v) is 4.70. The normalized spacial score (nSPS) is 12.2. The predicted octanol–water partition coefficient (Wildman–Crippen LogP) is 3.83. The fourth-order valence-electron chi connectivity index (χ4n) is 1.37. The van der Waals surface area contributed by atoms with E-state index in [4.69, 9.17) is 4.74 Å². The Morgan fingerprint density at radius 3 is 2.67 bits per heavy atom. The van der Waals surface area contributed by atoms with Crippen molar-refractivity contribution in [3.8, 4) is 11.6 Å². The van der Waals surface area contributed by atoms with Crippen molar-refractivity contribution in [3.05, 3.63) is 52.4 Å². The Labute approximate surface area is 112 Å². The molecule has 2 aromatic rings. The van der Waals surface area contributed by atoms with Crippen molar-refractivity contribution in [2.75, 3.05) is 0 Å². The molecule has 1 heterocycles. The number of aromatic nitrogens is 1. The molecular weight excluding hydrogens is 301 g/mol. The van der Waals surface area contributed by atoms with Crippen molar-refractivity contribution >= 4 is 15.9 Å². The SMILES string of the molecule is C[C@@H](O)c1ccc(Oc2ccc(Br)cc2F)nc1. The number of benzene rings is 1. The van der Waals surface area contributed by atoms with Crippen LogP contribution in [0.25, 0.3) is 0 Å². The molecule has 1 N–H and O–H groups in total. The molecule has 3 nitrogen and oxygen atoms in total. The average molecular weight is 312 g/mol. The molecule has 5 heteroatoms. The van der Waals surface area contributed by atoms with Gasteiger partial charge in [0, 0.05) is 16.7 Å². The third-order valence-corrected chi connectivity index (χ3v) is 2.84. The number of ether oxygens (including phenoxy) is 1. The fourth-order valence-corrected chi connectivity index (χ4v) is 1.70. The van der Waals surface area contributed by atoms with Crippen molar-refractivity contribution in [1.82, 2.24) is 4.98 Å². The first-order valence-electron chi connectivity index (χ1n) is 5.33. The zero-order valence-corrected chi connectivity index (χ0v) is 11.2. The quantitative estimate of drug-likeness (QED) is 0.936. The van der Waals surface area contributed by atoms with E-state index in [0.717, 1.165) is 0 Å². The summed E-state index contributed by atoms with van der Waals surface area (Å²) in [5, 5.41) is 9.33. The largest absolute Gasteiger partial charge is 0.436 e. The van der Waals surface area contributed by atoms with Crippen LogP contribution in [0.15, 0.2) is 41.0 Å². The van der Waals surface area contributed by atoms with Gasteiger partial charge >= 0.3 is 0 Å². The van der Waals surface area contributed by atoms with Crippen molar-refractivity contribution in [1.29, 1.82) is 0 Å². The Morgan fingerprint density at radius 1 is 1.33 bits per heavy atom. The van der Waals surface area contributed by atoms with Crippen LogP contribution >= 0.6 is 15.9 Å². The highest BCUT2D eigenvalue weighted by molar-refractivity contribution is 9.10. The number of rotatable bonds is 3. The number of halogens is 2. The van der Waals surface area contributed by atoms with Crippen LogP contribution in [-0.4, -0.2) is 10.1 Å². The molecule has 0 spiro atoms. The van der Waals surface area contributed by atoms with Gasteiger partial charge < -0.3 is 9.84 Å². The Kier molecular flexibility index (Phi) is 3.93. The van der Waals surface area contributed by atoms with Crippen LogP contribution in [0.3, 0.4) is 0 Å². The van der Waals surface area contributed by atoms with Gasteiger partial charge in [0.2, 0.25) is 5.88 Å². The van der Waals surface area contributed by atoms with Crippen molar-refractivity contribution in [2.45, 2.75) is 13.0 Å². The summed E-state index contributed by atoms with van der Waals surface area (Å²) in [6.07, 6.45) is 0.910. The molecule has 18 heavy (non-hydrogen) atoms. The van der Waals surface area contributed by atoms with Crippen molar-refractivity contribution in [3.63, 3.8) is 0 Å². The van der Waals surface area contributed by atoms with Crippen LogP contribution in [0.5, 0.6) is 11.6 Å². The van der Waals surface area contributed by atoms with Gasteiger partial charge in [0.05, 0.1) is 6.10 Å². The Bertz CT molecular complexity index is 543. The van der Waals surface area contributed by atoms with Gasteiger partial charge in [-0.15, -0.1) is 0 Å². The summed E-state index contributed by atoms with van der Waals surface area (Å²) in [5.74, 6) is -0.0816. The summed E-state index contributed by atoms with van der Waals surface area (Å²) in [6.45, 7) is 1.64. The third kappa shape index (κ3) is 3.05. The molecule has 94 valence electrons. The summed E-state index contributed by atoms with van der Waals surface area (Å²) in [7, 11) is 0. The van der Waals surface area contributed by atoms with Gasteiger partial charge in [-0.3, -0.25) is 0 Å². The van der Waals surface area contributed by atoms with E-state index in [-0.39, 0.29) is 11.6 Å². The molecule has 0 saturated heterocycles. The minimum Gasteiger partial charge on any atom is -0.436 e. The Morgan fingerprint density at radius 2 is 2.11 bits per heavy atom. The van der Waals surface area contributed by atoms with Crippen molar-refractivity contribution < 1.29 is 14.2 Å². The van der Waals surface area contributed by atoms with Crippen LogP contribution < -0.4 is 4.74 Å². The molecule has 1 aromatic heterocycles. The van der Waals surface area contributed by atoms with E-state index in [1.165, 1.54) is 18.3 Å². The van der Waals surface area contributed by atoms with Crippen LogP contribution in [0.4, 0.5) is 4.39 Å². The van der Waals surface area contributed by atoms with E-state index < -0.39 is 11.9 Å². The maximum absolute atomic E-state index is 13.5. The molecule has 0 unspecified atom stereocenters. The lowest BCUT2D eigenvalue weighted by atomic mass is 10.2. The molecule has 1 atom stereocenters. The molecule has 0 fully saturated rings. The molecule has 0 bridgehead atoms. The lowest BCUT2D eigenvalue weighted by molar-refractivity contribution is 0.198. The zero-order valence-electron chi connectivity index (χ0n) is 9.60. The van der Waals surface area contributed by atoms with Gasteiger partial charge in [-0.1, -0.05) is 15.9 Å². The highest BCUT2D eigenvalue weighted by Gasteiger charge is 2.07. The zero-order chi connectivity index (χ0) is 13.1. The molecule has 0 saturated carbocycles. The number of pyridine rings is 1. The minimum absolute atomic E-state index is 0.107. The van der Waals surface area contributed by atoms with E-state index in [9.17, 15) is 9.50 Å². The summed E-state index contributed by atoms with van der Waals surface area (Å²) < 4.78 is 19.5. The molecule has 0 aliphatic heterocycles. The Hall–Kier alpha value is -1.46. The van der Waals surface area contributed by atoms with Crippen LogP contribution in [0.2, 0.25) is 0 Å².